The van der Waals surface area contributed by atoms with Crippen LogP contribution in [0.2, 0.25) is 0 Å². The smallest absolute Gasteiger partial charge is 0.416 e. The first-order valence-electron chi connectivity index (χ1n) is 9.70. The highest BCUT2D eigenvalue weighted by atomic mass is 19.4. The van der Waals surface area contributed by atoms with Gasteiger partial charge in [0.25, 0.3) is 5.69 Å². The highest BCUT2D eigenvalue weighted by Gasteiger charge is 2.34. The molecule has 1 heterocycles. The number of ether oxygens (including phenoxy) is 1. The molecule has 0 N–H and O–H groups in total. The normalized spacial score (nSPS) is 14.5. The summed E-state index contributed by atoms with van der Waals surface area (Å²) in [7, 11) is 1.58. The van der Waals surface area contributed by atoms with Crippen molar-refractivity contribution >= 4 is 17.3 Å². The standard InChI is InChI=1S/C21H22F3N3O4/c1-31-17-6-2-15(3-7-17)4-9-20(28)26-12-10-25(11-13-26)18-8-5-16(21(22,23)24)14-19(18)27(29)30/h2-3,5-8,14H,4,9-13H2,1H3. The van der Waals surface area contributed by atoms with Crippen molar-refractivity contribution in [2.75, 3.05) is 38.2 Å². The van der Waals surface area contributed by atoms with Crippen molar-refractivity contribution < 1.29 is 27.6 Å². The minimum absolute atomic E-state index is 0.0302. The summed E-state index contributed by atoms with van der Waals surface area (Å²) in [5.41, 5.74) is -0.513. The Labute approximate surface area is 177 Å². The van der Waals surface area contributed by atoms with Gasteiger partial charge in [-0.25, -0.2) is 0 Å². The SMILES string of the molecule is COc1ccc(CCC(=O)N2CCN(c3ccc(C(F)(F)F)cc3[N+](=O)[O-])CC2)cc1. The van der Waals surface area contributed by atoms with E-state index in [0.717, 1.165) is 23.4 Å². The maximum absolute atomic E-state index is 12.9. The number of rotatable bonds is 6. The third kappa shape index (κ3) is 5.44. The minimum atomic E-state index is -4.65. The lowest BCUT2D eigenvalue weighted by atomic mass is 10.1. The predicted octanol–water partition coefficient (Wildman–Crippen LogP) is 3.90. The molecule has 3 rings (SSSR count). The third-order valence-corrected chi connectivity index (χ3v) is 5.26. The number of nitro groups is 1. The second-order valence-corrected chi connectivity index (χ2v) is 7.17. The number of alkyl halides is 3. The van der Waals surface area contributed by atoms with Crippen molar-refractivity contribution in [1.82, 2.24) is 4.90 Å². The van der Waals surface area contributed by atoms with Gasteiger partial charge in [0.2, 0.25) is 5.91 Å². The van der Waals surface area contributed by atoms with Crippen LogP contribution in [-0.2, 0) is 17.4 Å². The molecular weight excluding hydrogens is 415 g/mol. The number of hydrogen-bond donors (Lipinski definition) is 0. The van der Waals surface area contributed by atoms with E-state index in [1.807, 2.05) is 24.3 Å². The van der Waals surface area contributed by atoms with Crippen LogP contribution in [0, 0.1) is 10.1 Å². The summed E-state index contributed by atoms with van der Waals surface area (Å²) < 4.78 is 43.8. The Bertz CT molecular complexity index is 940. The van der Waals surface area contributed by atoms with E-state index in [4.69, 9.17) is 4.74 Å². The summed E-state index contributed by atoms with van der Waals surface area (Å²) >= 11 is 0. The Morgan fingerprint density at radius 2 is 1.74 bits per heavy atom. The van der Waals surface area contributed by atoms with Crippen molar-refractivity contribution in [3.8, 4) is 5.75 Å². The summed E-state index contributed by atoms with van der Waals surface area (Å²) in [6.45, 7) is 1.31. The second kappa shape index (κ2) is 9.23. The topological polar surface area (TPSA) is 75.9 Å². The molecule has 1 aliphatic heterocycles. The molecule has 31 heavy (non-hydrogen) atoms. The highest BCUT2D eigenvalue weighted by Crippen LogP contribution is 2.36. The molecule has 10 heteroatoms. The molecule has 0 atom stereocenters. The van der Waals surface area contributed by atoms with E-state index in [1.54, 1.807) is 16.9 Å². The molecule has 1 aliphatic rings. The first-order valence-corrected chi connectivity index (χ1v) is 9.70. The van der Waals surface area contributed by atoms with Gasteiger partial charge in [-0.15, -0.1) is 0 Å². The molecule has 2 aromatic rings. The van der Waals surface area contributed by atoms with E-state index < -0.39 is 22.4 Å². The summed E-state index contributed by atoms with van der Waals surface area (Å²) in [6, 6.07) is 9.98. The van der Waals surface area contributed by atoms with Crippen LogP contribution >= 0.6 is 0 Å². The zero-order valence-corrected chi connectivity index (χ0v) is 16.9. The van der Waals surface area contributed by atoms with Crippen molar-refractivity contribution in [2.45, 2.75) is 19.0 Å². The number of aryl methyl sites for hydroxylation is 1. The van der Waals surface area contributed by atoms with E-state index in [9.17, 15) is 28.1 Å². The van der Waals surface area contributed by atoms with Crippen LogP contribution < -0.4 is 9.64 Å². The lowest BCUT2D eigenvalue weighted by molar-refractivity contribution is -0.384. The molecule has 7 nitrogen and oxygen atoms in total. The number of carbonyl (C=O) groups excluding carboxylic acids is 1. The number of anilines is 1. The van der Waals surface area contributed by atoms with Crippen LogP contribution in [0.4, 0.5) is 24.5 Å². The van der Waals surface area contributed by atoms with Crippen LogP contribution in [0.1, 0.15) is 17.5 Å². The van der Waals surface area contributed by atoms with Crippen LogP contribution in [-0.4, -0.2) is 49.0 Å². The van der Waals surface area contributed by atoms with Crippen LogP contribution in [0.25, 0.3) is 0 Å². The molecular formula is C21H22F3N3O4. The Morgan fingerprint density at radius 3 is 2.29 bits per heavy atom. The summed E-state index contributed by atoms with van der Waals surface area (Å²) in [6.07, 6.45) is -3.75. The number of methoxy groups -OCH3 is 1. The van der Waals surface area contributed by atoms with Crippen molar-refractivity contribution in [3.05, 3.63) is 63.7 Å². The van der Waals surface area contributed by atoms with Crippen LogP contribution in [0.5, 0.6) is 5.75 Å². The van der Waals surface area contributed by atoms with E-state index in [1.165, 1.54) is 0 Å². The van der Waals surface area contributed by atoms with Crippen LogP contribution in [0.15, 0.2) is 42.5 Å². The fourth-order valence-electron chi connectivity index (χ4n) is 3.51. The van der Waals surface area contributed by atoms with Gasteiger partial charge in [0.1, 0.15) is 11.4 Å². The molecule has 0 aliphatic carbocycles. The third-order valence-electron chi connectivity index (χ3n) is 5.26. The van der Waals surface area contributed by atoms with Gasteiger partial charge in [-0.2, -0.15) is 13.2 Å². The summed E-state index contributed by atoms with van der Waals surface area (Å²) in [4.78, 5) is 26.3. The first kappa shape index (κ1) is 22.4. The molecule has 0 aromatic heterocycles. The van der Waals surface area contributed by atoms with Crippen molar-refractivity contribution in [2.24, 2.45) is 0 Å². The second-order valence-electron chi connectivity index (χ2n) is 7.17. The molecule has 0 bridgehead atoms. The van der Waals surface area contributed by atoms with Crippen molar-refractivity contribution in [1.29, 1.82) is 0 Å². The minimum Gasteiger partial charge on any atom is -0.497 e. The van der Waals surface area contributed by atoms with Gasteiger partial charge < -0.3 is 14.5 Å². The Morgan fingerprint density at radius 1 is 1.10 bits per heavy atom. The van der Waals surface area contributed by atoms with Crippen molar-refractivity contribution in [3.63, 3.8) is 0 Å². The number of halogens is 3. The van der Waals surface area contributed by atoms with E-state index >= 15 is 0 Å². The summed E-state index contributed by atoms with van der Waals surface area (Å²) in [5.74, 6) is 0.709. The molecule has 1 saturated heterocycles. The fourth-order valence-corrected chi connectivity index (χ4v) is 3.51. The molecule has 1 amide bonds. The van der Waals surface area contributed by atoms with Crippen LogP contribution in [0.3, 0.4) is 0 Å². The van der Waals surface area contributed by atoms with E-state index in [0.29, 0.717) is 45.1 Å². The maximum Gasteiger partial charge on any atom is 0.416 e. The van der Waals surface area contributed by atoms with Gasteiger partial charge in [-0.05, 0) is 36.2 Å². The molecule has 2 aromatic carbocycles. The van der Waals surface area contributed by atoms with Gasteiger partial charge in [0.15, 0.2) is 0 Å². The number of carbonyl (C=O) groups is 1. The molecule has 0 unspecified atom stereocenters. The maximum atomic E-state index is 12.9. The molecule has 0 spiro atoms. The molecule has 0 saturated carbocycles. The quantitative estimate of drug-likeness (QED) is 0.506. The number of benzene rings is 2. The van der Waals surface area contributed by atoms with Gasteiger partial charge in [0.05, 0.1) is 17.6 Å². The summed E-state index contributed by atoms with van der Waals surface area (Å²) in [5, 5.41) is 11.3. The zero-order valence-electron chi connectivity index (χ0n) is 16.9. The first-order chi connectivity index (χ1) is 14.7. The lowest BCUT2D eigenvalue weighted by Gasteiger charge is -2.36. The highest BCUT2D eigenvalue weighted by molar-refractivity contribution is 5.77. The van der Waals surface area contributed by atoms with Gasteiger partial charge in [0, 0.05) is 38.7 Å². The number of nitro benzene ring substituents is 1. The predicted molar refractivity (Wildman–Crippen MR) is 108 cm³/mol. The Hall–Kier alpha value is -3.30. The largest absolute Gasteiger partial charge is 0.497 e. The fraction of sp³-hybridized carbons (Fsp3) is 0.381. The number of nitrogens with zero attached hydrogens (tertiary/aromatic N) is 3. The Balaban J connectivity index is 1.59. The monoisotopic (exact) mass is 437 g/mol. The average molecular weight is 437 g/mol. The molecule has 166 valence electrons. The zero-order chi connectivity index (χ0) is 22.6. The van der Waals surface area contributed by atoms with E-state index in [2.05, 4.69) is 0 Å². The molecule has 1 fully saturated rings. The number of hydrogen-bond acceptors (Lipinski definition) is 5. The molecule has 0 radical (unpaired) electrons. The lowest BCUT2D eigenvalue weighted by Crippen LogP contribution is -2.49. The Kier molecular flexibility index (Phi) is 6.67. The number of amides is 1. The van der Waals surface area contributed by atoms with E-state index in [-0.39, 0.29) is 11.6 Å². The van der Waals surface area contributed by atoms with Gasteiger partial charge >= 0.3 is 6.18 Å². The average Bonchev–Trinajstić information content (AvgIpc) is 2.77. The number of piperazine rings is 1. The van der Waals surface area contributed by atoms with Gasteiger partial charge in [-0.1, -0.05) is 12.1 Å². The van der Waals surface area contributed by atoms with Gasteiger partial charge in [-0.3, -0.25) is 14.9 Å².